The van der Waals surface area contributed by atoms with Gasteiger partial charge in [0.2, 0.25) is 0 Å². The maximum atomic E-state index is 12.7. The molecule has 1 aromatic carbocycles. The summed E-state index contributed by atoms with van der Waals surface area (Å²) in [6.45, 7) is 0.955. The minimum atomic E-state index is -4.40. The number of fused-ring (bicyclic) bond motifs is 1. The third-order valence-electron chi connectivity index (χ3n) is 4.50. The zero-order chi connectivity index (χ0) is 19.7. The summed E-state index contributed by atoms with van der Waals surface area (Å²) in [4.78, 5) is 9.66. The minimum Gasteiger partial charge on any atom is -0.340 e. The molecule has 3 aromatic rings. The lowest BCUT2D eigenvalue weighted by molar-refractivity contribution is -0.137. The zero-order valence-electron chi connectivity index (χ0n) is 15.0. The Labute approximate surface area is 164 Å². The van der Waals surface area contributed by atoms with E-state index in [1.165, 1.54) is 18.0 Å². The number of hydrogen-bond donors (Lipinski definition) is 2. The first-order valence-electron chi connectivity index (χ1n) is 8.78. The predicted octanol–water partition coefficient (Wildman–Crippen LogP) is 4.88. The highest BCUT2D eigenvalue weighted by Gasteiger charge is 2.30. The summed E-state index contributed by atoms with van der Waals surface area (Å²) in [6, 6.07) is 8.17. The largest absolute Gasteiger partial charge is 0.417 e. The van der Waals surface area contributed by atoms with Gasteiger partial charge in [0.15, 0.2) is 0 Å². The van der Waals surface area contributed by atoms with Gasteiger partial charge >= 0.3 is 6.18 Å². The van der Waals surface area contributed by atoms with Gasteiger partial charge in [0.1, 0.15) is 11.6 Å². The Balaban J connectivity index is 1.67. The molecule has 0 unspecified atom stereocenters. The van der Waals surface area contributed by atoms with Gasteiger partial charge in [-0.2, -0.15) is 13.2 Å². The number of benzene rings is 1. The van der Waals surface area contributed by atoms with Crippen molar-refractivity contribution in [2.75, 3.05) is 12.4 Å². The average molecular weight is 405 g/mol. The Morgan fingerprint density at radius 2 is 2.04 bits per heavy atom. The quantitative estimate of drug-likeness (QED) is 0.593. The van der Waals surface area contributed by atoms with E-state index in [1.807, 2.05) is 31.4 Å². The van der Waals surface area contributed by atoms with E-state index in [2.05, 4.69) is 19.6 Å². The molecule has 0 saturated carbocycles. The van der Waals surface area contributed by atoms with E-state index in [-0.39, 0.29) is 0 Å². The number of aromatic nitrogens is 3. The fourth-order valence-electron chi connectivity index (χ4n) is 3.18. The summed E-state index contributed by atoms with van der Waals surface area (Å²) in [6.07, 6.45) is 0.502. The molecule has 1 aliphatic heterocycles. The molecule has 9 heteroatoms. The van der Waals surface area contributed by atoms with Crippen LogP contribution >= 0.6 is 11.9 Å². The maximum Gasteiger partial charge on any atom is 0.417 e. The molecule has 0 radical (unpaired) electrons. The van der Waals surface area contributed by atoms with E-state index in [4.69, 9.17) is 4.98 Å². The Hall–Kier alpha value is -2.52. The molecule has 0 amide bonds. The zero-order valence-corrected chi connectivity index (χ0v) is 15.9. The van der Waals surface area contributed by atoms with Gasteiger partial charge in [-0.3, -0.25) is 4.72 Å². The second kappa shape index (κ2) is 7.48. The van der Waals surface area contributed by atoms with Crippen molar-refractivity contribution in [2.45, 2.75) is 30.5 Å². The van der Waals surface area contributed by atoms with Crippen molar-refractivity contribution in [3.8, 4) is 11.3 Å². The van der Waals surface area contributed by atoms with Crippen LogP contribution in [0.5, 0.6) is 0 Å². The number of aryl methyl sites for hydroxylation is 2. The lowest BCUT2D eigenvalue weighted by Crippen LogP contribution is -2.06. The number of halogens is 3. The SMILES string of the molecule is CNSc1ccc(Nc2ccc(C(F)(F)F)cn2)c(-c2cn3c(n2)CCC3)c1. The third kappa shape index (κ3) is 3.85. The first kappa shape index (κ1) is 18.8. The van der Waals surface area contributed by atoms with Gasteiger partial charge < -0.3 is 9.88 Å². The second-order valence-corrected chi connectivity index (χ2v) is 7.49. The van der Waals surface area contributed by atoms with Gasteiger partial charge in [-0.05, 0) is 55.7 Å². The van der Waals surface area contributed by atoms with E-state index in [0.717, 1.165) is 59.3 Å². The van der Waals surface area contributed by atoms with E-state index in [1.54, 1.807) is 0 Å². The molecule has 2 N–H and O–H groups in total. The Bertz CT molecular complexity index is 961. The summed E-state index contributed by atoms with van der Waals surface area (Å²) in [5.41, 5.74) is 1.68. The van der Waals surface area contributed by atoms with Crippen LogP contribution in [0.1, 0.15) is 17.8 Å². The van der Waals surface area contributed by atoms with Gasteiger partial charge in [0, 0.05) is 41.5 Å². The molecule has 0 atom stereocenters. The molecule has 0 saturated heterocycles. The first-order valence-corrected chi connectivity index (χ1v) is 9.60. The second-order valence-electron chi connectivity index (χ2n) is 6.41. The lowest BCUT2D eigenvalue weighted by atomic mass is 10.1. The summed E-state index contributed by atoms with van der Waals surface area (Å²) >= 11 is 1.48. The van der Waals surface area contributed by atoms with E-state index in [9.17, 15) is 13.2 Å². The van der Waals surface area contributed by atoms with E-state index < -0.39 is 11.7 Å². The molecule has 0 fully saturated rings. The highest BCUT2D eigenvalue weighted by Crippen LogP contribution is 2.34. The fourth-order valence-corrected chi connectivity index (χ4v) is 3.73. The van der Waals surface area contributed by atoms with Crippen LogP contribution in [0.3, 0.4) is 0 Å². The molecule has 0 aliphatic carbocycles. The van der Waals surface area contributed by atoms with Gasteiger partial charge in [-0.15, -0.1) is 0 Å². The Morgan fingerprint density at radius 3 is 2.71 bits per heavy atom. The maximum absolute atomic E-state index is 12.7. The van der Waals surface area contributed by atoms with Crippen molar-refractivity contribution in [3.05, 3.63) is 54.1 Å². The molecule has 0 spiro atoms. The van der Waals surface area contributed by atoms with Gasteiger partial charge in [0.25, 0.3) is 0 Å². The smallest absolute Gasteiger partial charge is 0.340 e. The number of anilines is 2. The lowest BCUT2D eigenvalue weighted by Gasteiger charge is -2.13. The minimum absolute atomic E-state index is 0.343. The number of pyridine rings is 1. The summed E-state index contributed by atoms with van der Waals surface area (Å²) in [5.74, 6) is 1.40. The van der Waals surface area contributed by atoms with Crippen LogP contribution in [0, 0.1) is 0 Å². The van der Waals surface area contributed by atoms with Crippen molar-refractivity contribution in [2.24, 2.45) is 0 Å². The number of nitrogens with one attached hydrogen (secondary N) is 2. The Kier molecular flexibility index (Phi) is 5.03. The van der Waals surface area contributed by atoms with Gasteiger partial charge in [-0.25, -0.2) is 9.97 Å². The van der Waals surface area contributed by atoms with Gasteiger partial charge in [0.05, 0.1) is 11.3 Å². The third-order valence-corrected chi connectivity index (χ3v) is 5.19. The molecule has 0 bridgehead atoms. The molecule has 4 rings (SSSR count). The standard InChI is InChI=1S/C19H18F3N5S/c1-23-28-13-5-6-15(25-17-7-4-12(10-24-17)19(20,21)22)14(9-13)16-11-27-8-2-3-18(27)26-16/h4-7,9-11,23H,2-3,8H2,1H3,(H,24,25). The predicted molar refractivity (Wildman–Crippen MR) is 103 cm³/mol. The molecule has 2 aromatic heterocycles. The number of alkyl halides is 3. The normalized spacial score (nSPS) is 13.6. The molecule has 146 valence electrons. The average Bonchev–Trinajstić information content (AvgIpc) is 3.25. The van der Waals surface area contributed by atoms with E-state index >= 15 is 0 Å². The van der Waals surface area contributed by atoms with Crippen LogP contribution in [-0.2, 0) is 19.1 Å². The van der Waals surface area contributed by atoms with Gasteiger partial charge in [-0.1, -0.05) is 0 Å². The monoisotopic (exact) mass is 405 g/mol. The van der Waals surface area contributed by atoms with Crippen molar-refractivity contribution in [1.82, 2.24) is 19.3 Å². The van der Waals surface area contributed by atoms with Crippen molar-refractivity contribution >= 4 is 23.5 Å². The molecule has 28 heavy (non-hydrogen) atoms. The molecule has 3 heterocycles. The first-order chi connectivity index (χ1) is 13.4. The molecular formula is C19H18F3N5S. The van der Waals surface area contributed by atoms with E-state index in [0.29, 0.717) is 5.82 Å². The Morgan fingerprint density at radius 1 is 1.18 bits per heavy atom. The summed E-state index contributed by atoms with van der Waals surface area (Å²) in [7, 11) is 1.84. The molecule has 1 aliphatic rings. The highest BCUT2D eigenvalue weighted by atomic mass is 32.2. The van der Waals surface area contributed by atoms with Crippen molar-refractivity contribution in [3.63, 3.8) is 0 Å². The van der Waals surface area contributed by atoms with Crippen LogP contribution in [0.25, 0.3) is 11.3 Å². The fraction of sp³-hybridized carbons (Fsp3) is 0.263. The number of hydrogen-bond acceptors (Lipinski definition) is 5. The van der Waals surface area contributed by atoms with Crippen LogP contribution in [0.4, 0.5) is 24.7 Å². The number of imidazole rings is 1. The van der Waals surface area contributed by atoms with Crippen LogP contribution < -0.4 is 10.0 Å². The number of nitrogens with zero attached hydrogens (tertiary/aromatic N) is 3. The van der Waals surface area contributed by atoms with Crippen molar-refractivity contribution in [1.29, 1.82) is 0 Å². The van der Waals surface area contributed by atoms with Crippen LogP contribution in [-0.4, -0.2) is 21.6 Å². The summed E-state index contributed by atoms with van der Waals surface area (Å²) < 4.78 is 43.4. The van der Waals surface area contributed by atoms with Crippen LogP contribution in [0.2, 0.25) is 0 Å². The number of rotatable bonds is 5. The van der Waals surface area contributed by atoms with Crippen LogP contribution in [0.15, 0.2) is 47.6 Å². The molecule has 5 nitrogen and oxygen atoms in total. The highest BCUT2D eigenvalue weighted by molar-refractivity contribution is 7.97. The van der Waals surface area contributed by atoms with Crippen molar-refractivity contribution < 1.29 is 13.2 Å². The molecular weight excluding hydrogens is 387 g/mol. The topological polar surface area (TPSA) is 54.8 Å². The summed E-state index contributed by atoms with van der Waals surface area (Å²) in [5, 5.41) is 3.13.